The Morgan fingerprint density at radius 3 is 2.94 bits per heavy atom. The summed E-state index contributed by atoms with van der Waals surface area (Å²) in [5.74, 6) is 0.974. The summed E-state index contributed by atoms with van der Waals surface area (Å²) in [7, 11) is 1.78. The van der Waals surface area contributed by atoms with E-state index in [1.165, 1.54) is 12.8 Å². The van der Waals surface area contributed by atoms with E-state index in [1.807, 2.05) is 0 Å². The minimum atomic E-state index is 0.153. The Morgan fingerprint density at radius 1 is 1.59 bits per heavy atom. The number of nitrogens with zero attached hydrogens (tertiary/aromatic N) is 3. The minimum absolute atomic E-state index is 0.153. The lowest BCUT2D eigenvalue weighted by Gasteiger charge is -2.19. The largest absolute Gasteiger partial charge is 0.345 e. The first kappa shape index (κ1) is 14.0. The fourth-order valence-corrected chi connectivity index (χ4v) is 2.24. The van der Waals surface area contributed by atoms with Crippen molar-refractivity contribution in [3.8, 4) is 6.07 Å². The van der Waals surface area contributed by atoms with E-state index in [0.29, 0.717) is 19.4 Å². The second-order valence-corrected chi connectivity index (χ2v) is 4.84. The van der Waals surface area contributed by atoms with Gasteiger partial charge in [0.2, 0.25) is 5.91 Å². The van der Waals surface area contributed by atoms with E-state index in [9.17, 15) is 4.79 Å². The monoisotopic (exact) mass is 237 g/mol. The molecule has 0 N–H and O–H groups in total. The van der Waals surface area contributed by atoms with Crippen LogP contribution in [0.4, 0.5) is 0 Å². The van der Waals surface area contributed by atoms with Gasteiger partial charge >= 0.3 is 0 Å². The predicted octanol–water partition coefficient (Wildman–Crippen LogP) is 1.48. The van der Waals surface area contributed by atoms with Gasteiger partial charge in [-0.25, -0.2) is 0 Å². The molecule has 1 unspecified atom stereocenters. The zero-order valence-corrected chi connectivity index (χ0v) is 11.0. The maximum Gasteiger partial charge on any atom is 0.223 e. The number of carbonyl (C=O) groups excluding carboxylic acids is 1. The third kappa shape index (κ3) is 4.74. The van der Waals surface area contributed by atoms with Crippen LogP contribution < -0.4 is 0 Å². The average Bonchev–Trinajstić information content (AvgIpc) is 2.80. The van der Waals surface area contributed by atoms with Gasteiger partial charge in [-0.15, -0.1) is 0 Å². The van der Waals surface area contributed by atoms with Crippen molar-refractivity contribution in [1.29, 1.82) is 5.26 Å². The Kier molecular flexibility index (Phi) is 5.99. The average molecular weight is 237 g/mol. The molecule has 4 heteroatoms. The summed E-state index contributed by atoms with van der Waals surface area (Å²) in [6, 6.07) is 2.06. The molecule has 0 aromatic heterocycles. The lowest BCUT2D eigenvalue weighted by Crippen LogP contribution is -2.32. The maximum atomic E-state index is 11.7. The molecular formula is C13H23N3O. The number of hydrogen-bond acceptors (Lipinski definition) is 3. The molecule has 1 aliphatic rings. The van der Waals surface area contributed by atoms with Gasteiger partial charge in [-0.05, 0) is 18.9 Å². The smallest absolute Gasteiger partial charge is 0.223 e. The number of amides is 1. The third-order valence-corrected chi connectivity index (χ3v) is 3.57. The van der Waals surface area contributed by atoms with Crippen molar-refractivity contribution in [2.45, 2.75) is 32.6 Å². The molecule has 0 saturated carbocycles. The molecule has 17 heavy (non-hydrogen) atoms. The molecule has 1 fully saturated rings. The topological polar surface area (TPSA) is 47.3 Å². The van der Waals surface area contributed by atoms with E-state index in [-0.39, 0.29) is 5.91 Å². The molecule has 1 aliphatic heterocycles. The van der Waals surface area contributed by atoms with Crippen LogP contribution in [-0.4, -0.2) is 48.9 Å². The van der Waals surface area contributed by atoms with E-state index in [1.54, 1.807) is 11.9 Å². The van der Waals surface area contributed by atoms with E-state index < -0.39 is 0 Å². The summed E-state index contributed by atoms with van der Waals surface area (Å²) in [5.41, 5.74) is 0. The molecule has 0 aromatic rings. The molecule has 0 radical (unpaired) electrons. The first-order chi connectivity index (χ1) is 8.17. The van der Waals surface area contributed by atoms with E-state index in [0.717, 1.165) is 25.6 Å². The summed E-state index contributed by atoms with van der Waals surface area (Å²) in [6.45, 7) is 5.92. The summed E-state index contributed by atoms with van der Waals surface area (Å²) >= 11 is 0. The van der Waals surface area contributed by atoms with Crippen LogP contribution in [0.3, 0.4) is 0 Å². The SMILES string of the molecule is CCC1CCN(CCC(=O)N(C)CCC#N)C1. The molecule has 4 nitrogen and oxygen atoms in total. The molecule has 1 heterocycles. The number of rotatable bonds is 6. The fourth-order valence-electron chi connectivity index (χ4n) is 2.24. The van der Waals surface area contributed by atoms with Crippen LogP contribution in [0.5, 0.6) is 0 Å². The van der Waals surface area contributed by atoms with Gasteiger partial charge in [0.15, 0.2) is 0 Å². The van der Waals surface area contributed by atoms with Crippen molar-refractivity contribution >= 4 is 5.91 Å². The number of carbonyl (C=O) groups is 1. The quantitative estimate of drug-likeness (QED) is 0.703. The summed E-state index contributed by atoms with van der Waals surface area (Å²) < 4.78 is 0. The van der Waals surface area contributed by atoms with Crippen molar-refractivity contribution < 1.29 is 4.79 Å². The zero-order valence-electron chi connectivity index (χ0n) is 11.0. The van der Waals surface area contributed by atoms with Gasteiger partial charge in [-0.3, -0.25) is 4.79 Å². The standard InChI is InChI=1S/C13H23N3O/c1-3-12-5-9-16(11-12)10-6-13(17)15(2)8-4-7-14/h12H,3-6,8-11H2,1-2H3. The first-order valence-electron chi connectivity index (χ1n) is 6.50. The van der Waals surface area contributed by atoms with Crippen LogP contribution in [0.25, 0.3) is 0 Å². The third-order valence-electron chi connectivity index (χ3n) is 3.57. The Bertz CT molecular complexity index is 285. The fraction of sp³-hybridized carbons (Fsp3) is 0.846. The molecule has 0 aliphatic carbocycles. The molecule has 0 bridgehead atoms. The first-order valence-corrected chi connectivity index (χ1v) is 6.50. The van der Waals surface area contributed by atoms with Crippen molar-refractivity contribution in [2.24, 2.45) is 5.92 Å². The molecule has 1 amide bonds. The van der Waals surface area contributed by atoms with Crippen molar-refractivity contribution in [2.75, 3.05) is 33.2 Å². The van der Waals surface area contributed by atoms with Gasteiger partial charge in [-0.2, -0.15) is 5.26 Å². The Morgan fingerprint density at radius 2 is 2.35 bits per heavy atom. The highest BCUT2D eigenvalue weighted by Gasteiger charge is 2.21. The van der Waals surface area contributed by atoms with Crippen molar-refractivity contribution in [3.05, 3.63) is 0 Å². The van der Waals surface area contributed by atoms with Gasteiger partial charge in [0, 0.05) is 33.1 Å². The molecular weight excluding hydrogens is 214 g/mol. The highest BCUT2D eigenvalue weighted by molar-refractivity contribution is 5.76. The lowest BCUT2D eigenvalue weighted by molar-refractivity contribution is -0.130. The van der Waals surface area contributed by atoms with Gasteiger partial charge < -0.3 is 9.80 Å². The number of hydrogen-bond donors (Lipinski definition) is 0. The van der Waals surface area contributed by atoms with Crippen LogP contribution >= 0.6 is 0 Å². The zero-order chi connectivity index (χ0) is 12.7. The van der Waals surface area contributed by atoms with E-state index in [2.05, 4.69) is 17.9 Å². The van der Waals surface area contributed by atoms with Gasteiger partial charge in [0.1, 0.15) is 0 Å². The summed E-state index contributed by atoms with van der Waals surface area (Å²) in [6.07, 6.45) is 3.52. The van der Waals surface area contributed by atoms with Crippen molar-refractivity contribution in [1.82, 2.24) is 9.80 Å². The second-order valence-electron chi connectivity index (χ2n) is 4.84. The van der Waals surface area contributed by atoms with Crippen LogP contribution in [0.2, 0.25) is 0 Å². The molecule has 0 spiro atoms. The highest BCUT2D eigenvalue weighted by atomic mass is 16.2. The lowest BCUT2D eigenvalue weighted by atomic mass is 10.1. The normalized spacial score (nSPS) is 20.2. The van der Waals surface area contributed by atoms with Gasteiger partial charge in [0.25, 0.3) is 0 Å². The Balaban J connectivity index is 2.18. The van der Waals surface area contributed by atoms with Crippen LogP contribution in [0.15, 0.2) is 0 Å². The van der Waals surface area contributed by atoms with Gasteiger partial charge in [-0.1, -0.05) is 13.3 Å². The molecule has 1 saturated heterocycles. The summed E-state index contributed by atoms with van der Waals surface area (Å²) in [4.78, 5) is 15.8. The molecule has 1 atom stereocenters. The molecule has 0 aromatic carbocycles. The van der Waals surface area contributed by atoms with E-state index in [4.69, 9.17) is 5.26 Å². The van der Waals surface area contributed by atoms with Gasteiger partial charge in [0.05, 0.1) is 12.5 Å². The summed E-state index contributed by atoms with van der Waals surface area (Å²) in [5, 5.41) is 8.46. The maximum absolute atomic E-state index is 11.7. The van der Waals surface area contributed by atoms with Crippen LogP contribution in [0, 0.1) is 17.2 Å². The Labute approximate surface area is 104 Å². The number of nitriles is 1. The molecule has 1 rings (SSSR count). The highest BCUT2D eigenvalue weighted by Crippen LogP contribution is 2.18. The number of likely N-dealkylation sites (tertiary alicyclic amines) is 1. The van der Waals surface area contributed by atoms with Crippen molar-refractivity contribution in [3.63, 3.8) is 0 Å². The Hall–Kier alpha value is -1.08. The predicted molar refractivity (Wildman–Crippen MR) is 67.3 cm³/mol. The van der Waals surface area contributed by atoms with Crippen LogP contribution in [-0.2, 0) is 4.79 Å². The van der Waals surface area contributed by atoms with Crippen LogP contribution in [0.1, 0.15) is 32.6 Å². The molecule has 96 valence electrons. The second kappa shape index (κ2) is 7.29. The minimum Gasteiger partial charge on any atom is -0.345 e. The van der Waals surface area contributed by atoms with E-state index >= 15 is 0 Å².